The summed E-state index contributed by atoms with van der Waals surface area (Å²) in [6, 6.07) is 15.8. The second kappa shape index (κ2) is 10.7. The molecule has 2 aromatic rings. The summed E-state index contributed by atoms with van der Waals surface area (Å²) in [6.45, 7) is 4.36. The van der Waals surface area contributed by atoms with Gasteiger partial charge in [-0.2, -0.15) is 10.4 Å². The molecule has 27 heavy (non-hydrogen) atoms. The highest BCUT2D eigenvalue weighted by atomic mass is 16.5. The maximum Gasteiger partial charge on any atom is 0.323 e. The van der Waals surface area contributed by atoms with E-state index in [1.807, 2.05) is 43.3 Å². The lowest BCUT2D eigenvalue weighted by molar-refractivity contribution is -0.146. The largest absolute Gasteiger partial charge is 0.465 e. The van der Waals surface area contributed by atoms with Gasteiger partial charge in [-0.05, 0) is 38.0 Å². The Hall–Kier alpha value is -3.20. The highest BCUT2D eigenvalue weighted by molar-refractivity contribution is 5.85. The lowest BCUT2D eigenvalue weighted by Crippen LogP contribution is -2.25. The van der Waals surface area contributed by atoms with Gasteiger partial charge in [0, 0.05) is 24.9 Å². The van der Waals surface area contributed by atoms with Crippen molar-refractivity contribution in [3.8, 4) is 6.07 Å². The number of pyridine rings is 1. The van der Waals surface area contributed by atoms with E-state index in [1.165, 1.54) is 5.56 Å². The molecule has 6 nitrogen and oxygen atoms in total. The van der Waals surface area contributed by atoms with Crippen molar-refractivity contribution >= 4 is 17.4 Å². The first kappa shape index (κ1) is 20.1. The predicted molar refractivity (Wildman–Crippen MR) is 105 cm³/mol. The first-order valence-corrected chi connectivity index (χ1v) is 8.95. The van der Waals surface area contributed by atoms with Crippen LogP contribution in [0.3, 0.4) is 0 Å². The second-order valence-electron chi connectivity index (χ2n) is 6.05. The predicted octanol–water partition coefficient (Wildman–Crippen LogP) is 3.60. The lowest BCUT2D eigenvalue weighted by atomic mass is 10.1. The summed E-state index contributed by atoms with van der Waals surface area (Å²) in [7, 11) is 0. The molecule has 0 N–H and O–H groups in total. The number of aromatic nitrogens is 1. The van der Waals surface area contributed by atoms with Crippen LogP contribution in [0.5, 0.6) is 0 Å². The molecule has 2 rings (SSSR count). The topological polar surface area (TPSA) is 78.6 Å². The van der Waals surface area contributed by atoms with Crippen LogP contribution in [0.4, 0.5) is 5.69 Å². The molecule has 0 aliphatic carbocycles. The Morgan fingerprint density at radius 2 is 2.07 bits per heavy atom. The lowest BCUT2D eigenvalue weighted by Gasteiger charge is -2.21. The number of rotatable bonds is 9. The third-order valence-corrected chi connectivity index (χ3v) is 3.89. The number of carbonyl (C=O) groups is 1. The van der Waals surface area contributed by atoms with Crippen LogP contribution >= 0.6 is 0 Å². The third-order valence-electron chi connectivity index (χ3n) is 3.89. The van der Waals surface area contributed by atoms with Gasteiger partial charge in [-0.25, -0.2) is 0 Å². The van der Waals surface area contributed by atoms with Crippen molar-refractivity contribution < 1.29 is 9.53 Å². The van der Waals surface area contributed by atoms with Gasteiger partial charge < -0.3 is 4.74 Å². The summed E-state index contributed by atoms with van der Waals surface area (Å²) in [4.78, 5) is 16.0. The number of carbonyl (C=O) groups excluding carboxylic acids is 1. The first-order chi connectivity index (χ1) is 13.1. The van der Waals surface area contributed by atoms with Crippen LogP contribution in [0.2, 0.25) is 0 Å². The maximum atomic E-state index is 11.9. The molecule has 1 atom stereocenters. The molecule has 0 saturated carbocycles. The van der Waals surface area contributed by atoms with Gasteiger partial charge in [0.15, 0.2) is 0 Å². The highest BCUT2D eigenvalue weighted by Crippen LogP contribution is 2.16. The monoisotopic (exact) mass is 364 g/mol. The van der Waals surface area contributed by atoms with Crippen molar-refractivity contribution in [2.24, 2.45) is 11.0 Å². The van der Waals surface area contributed by atoms with Crippen LogP contribution in [-0.2, 0) is 16.0 Å². The van der Waals surface area contributed by atoms with Crippen LogP contribution in [0.1, 0.15) is 25.8 Å². The fourth-order valence-corrected chi connectivity index (χ4v) is 2.61. The molecule has 0 fully saturated rings. The van der Waals surface area contributed by atoms with E-state index in [2.05, 4.69) is 17.1 Å². The van der Waals surface area contributed by atoms with Gasteiger partial charge in [0.1, 0.15) is 5.92 Å². The van der Waals surface area contributed by atoms with Gasteiger partial charge in [0.25, 0.3) is 0 Å². The van der Waals surface area contributed by atoms with Gasteiger partial charge >= 0.3 is 5.97 Å². The summed E-state index contributed by atoms with van der Waals surface area (Å²) in [5, 5.41) is 15.8. The third kappa shape index (κ3) is 6.55. The zero-order chi connectivity index (χ0) is 19.5. The van der Waals surface area contributed by atoms with E-state index in [0.29, 0.717) is 13.0 Å². The van der Waals surface area contributed by atoms with Gasteiger partial charge in [-0.15, -0.1) is 0 Å². The van der Waals surface area contributed by atoms with Gasteiger partial charge in [0.05, 0.1) is 24.6 Å². The second-order valence-corrected chi connectivity index (χ2v) is 6.05. The number of nitrogens with zero attached hydrogens (tertiary/aromatic N) is 4. The molecular formula is C21H24N4O2. The van der Waals surface area contributed by atoms with Crippen LogP contribution in [0.15, 0.2) is 60.0 Å². The molecule has 6 heteroatoms. The molecule has 0 amide bonds. The number of benzene rings is 1. The zero-order valence-electron chi connectivity index (χ0n) is 15.7. The molecule has 0 aliphatic heterocycles. The van der Waals surface area contributed by atoms with E-state index in [4.69, 9.17) is 9.84 Å². The van der Waals surface area contributed by atoms with Gasteiger partial charge in [0.2, 0.25) is 0 Å². The summed E-state index contributed by atoms with van der Waals surface area (Å²) in [5.41, 5.74) is 2.91. The Kier molecular flexibility index (Phi) is 7.98. The molecule has 1 unspecified atom stereocenters. The Morgan fingerprint density at radius 3 is 2.70 bits per heavy atom. The average molecular weight is 364 g/mol. The maximum absolute atomic E-state index is 11.9. The smallest absolute Gasteiger partial charge is 0.323 e. The Balaban J connectivity index is 2.13. The van der Waals surface area contributed by atoms with Gasteiger partial charge in [-0.3, -0.25) is 14.8 Å². The molecule has 0 spiro atoms. The van der Waals surface area contributed by atoms with E-state index < -0.39 is 11.9 Å². The van der Waals surface area contributed by atoms with E-state index in [-0.39, 0.29) is 6.61 Å². The molecule has 1 aromatic carbocycles. The molecule has 0 aliphatic rings. The number of anilines is 1. The normalized spacial score (nSPS) is 12.1. The minimum atomic E-state index is -0.811. The van der Waals surface area contributed by atoms with Crippen molar-refractivity contribution in [2.75, 3.05) is 18.2 Å². The van der Waals surface area contributed by atoms with Crippen molar-refractivity contribution in [3.63, 3.8) is 0 Å². The van der Waals surface area contributed by atoms with Crippen molar-refractivity contribution in [1.29, 1.82) is 5.26 Å². The molecule has 0 radical (unpaired) electrons. The first-order valence-electron chi connectivity index (χ1n) is 8.95. The van der Waals surface area contributed by atoms with Crippen LogP contribution in [-0.4, -0.2) is 29.8 Å². The number of hydrazone groups is 1. The highest BCUT2D eigenvalue weighted by Gasteiger charge is 2.20. The SMILES string of the molecule is CCOC(=O)C(C#N)CCN(/N=C(/C)Cc1ccccc1)c1cccnc1. The number of ether oxygens (including phenoxy) is 1. The van der Waals surface area contributed by atoms with E-state index in [0.717, 1.165) is 17.8 Å². The molecule has 1 aromatic heterocycles. The van der Waals surface area contributed by atoms with Crippen molar-refractivity contribution in [2.45, 2.75) is 26.7 Å². The number of esters is 1. The summed E-state index contributed by atoms with van der Waals surface area (Å²) in [5.74, 6) is -1.30. The van der Waals surface area contributed by atoms with Crippen LogP contribution in [0.25, 0.3) is 0 Å². The Bertz CT molecular complexity index is 785. The molecule has 1 heterocycles. The van der Waals surface area contributed by atoms with E-state index in [9.17, 15) is 10.1 Å². The Labute approximate surface area is 160 Å². The zero-order valence-corrected chi connectivity index (χ0v) is 15.7. The molecule has 140 valence electrons. The van der Waals surface area contributed by atoms with E-state index >= 15 is 0 Å². The molecular weight excluding hydrogens is 340 g/mol. The standard InChI is InChI=1S/C21H24N4O2/c1-3-27-21(26)19(15-22)11-13-25(20-10-7-12-23-16-20)24-17(2)14-18-8-5-4-6-9-18/h4-10,12,16,19H,3,11,13-14H2,1-2H3/b24-17-. The van der Waals surface area contributed by atoms with E-state index in [1.54, 1.807) is 24.3 Å². The fraction of sp³-hybridized carbons (Fsp3) is 0.333. The van der Waals surface area contributed by atoms with Crippen molar-refractivity contribution in [1.82, 2.24) is 4.98 Å². The summed E-state index contributed by atoms with van der Waals surface area (Å²) in [6.07, 6.45) is 4.45. The van der Waals surface area contributed by atoms with Crippen LogP contribution in [0, 0.1) is 17.2 Å². The van der Waals surface area contributed by atoms with Crippen LogP contribution < -0.4 is 5.01 Å². The molecule has 0 bridgehead atoms. The number of hydrogen-bond donors (Lipinski definition) is 0. The fourth-order valence-electron chi connectivity index (χ4n) is 2.61. The summed E-state index contributed by atoms with van der Waals surface area (Å²) >= 11 is 0. The molecule has 0 saturated heterocycles. The Morgan fingerprint density at radius 1 is 1.30 bits per heavy atom. The minimum absolute atomic E-state index is 0.262. The minimum Gasteiger partial charge on any atom is -0.465 e. The number of hydrogen-bond acceptors (Lipinski definition) is 6. The quantitative estimate of drug-likeness (QED) is 0.386. The average Bonchev–Trinajstić information content (AvgIpc) is 2.69. The van der Waals surface area contributed by atoms with Crippen molar-refractivity contribution in [3.05, 3.63) is 60.4 Å². The summed E-state index contributed by atoms with van der Waals surface area (Å²) < 4.78 is 4.96. The number of nitriles is 1. The van der Waals surface area contributed by atoms with Gasteiger partial charge in [-0.1, -0.05) is 30.3 Å².